The zero-order chi connectivity index (χ0) is 13.0. The molecule has 0 aliphatic heterocycles. The van der Waals surface area contributed by atoms with Crippen LogP contribution < -0.4 is 5.73 Å². The van der Waals surface area contributed by atoms with E-state index in [1.807, 2.05) is 0 Å². The van der Waals surface area contributed by atoms with Crippen LogP contribution in [-0.4, -0.2) is 10.8 Å². The molecule has 0 amide bonds. The third kappa shape index (κ3) is 1.77. The summed E-state index contributed by atoms with van der Waals surface area (Å²) in [5, 5.41) is 0.995. The van der Waals surface area contributed by atoms with Crippen molar-refractivity contribution in [3.63, 3.8) is 0 Å². The SMILES string of the molecule is Nc1c(C(=O)C2CC2)sc2nc3c(cc12)CCCC3. The number of nitrogens with two attached hydrogens (primary N) is 1. The molecule has 0 atom stereocenters. The Morgan fingerprint density at radius 2 is 2.11 bits per heavy atom. The number of hydrogen-bond donors (Lipinski definition) is 1. The quantitative estimate of drug-likeness (QED) is 0.853. The number of aromatic nitrogens is 1. The minimum absolute atomic E-state index is 0.227. The topological polar surface area (TPSA) is 56.0 Å². The van der Waals surface area contributed by atoms with Gasteiger partial charge in [0.05, 0.1) is 10.6 Å². The molecular weight excluding hydrogens is 256 g/mol. The minimum Gasteiger partial charge on any atom is -0.397 e. The van der Waals surface area contributed by atoms with Gasteiger partial charge in [0.15, 0.2) is 5.78 Å². The Bertz CT molecular complexity index is 685. The Hall–Kier alpha value is -1.42. The van der Waals surface area contributed by atoms with Gasteiger partial charge in [-0.3, -0.25) is 4.79 Å². The summed E-state index contributed by atoms with van der Waals surface area (Å²) in [6.45, 7) is 0. The predicted octanol–water partition coefficient (Wildman–Crippen LogP) is 3.35. The molecule has 2 aromatic rings. The van der Waals surface area contributed by atoms with Crippen molar-refractivity contribution in [2.75, 3.05) is 5.73 Å². The summed E-state index contributed by atoms with van der Waals surface area (Å²) in [7, 11) is 0. The lowest BCUT2D eigenvalue weighted by molar-refractivity contribution is 0.0972. The second kappa shape index (κ2) is 4.04. The van der Waals surface area contributed by atoms with Crippen molar-refractivity contribution in [3.05, 3.63) is 22.2 Å². The van der Waals surface area contributed by atoms with Crippen LogP contribution in [0.5, 0.6) is 0 Å². The van der Waals surface area contributed by atoms with E-state index < -0.39 is 0 Å². The molecule has 2 aliphatic rings. The van der Waals surface area contributed by atoms with Crippen LogP contribution in [0.1, 0.15) is 46.6 Å². The van der Waals surface area contributed by atoms with Gasteiger partial charge in [0.1, 0.15) is 4.83 Å². The Labute approximate surface area is 115 Å². The fraction of sp³-hybridized carbons (Fsp3) is 0.467. The maximum absolute atomic E-state index is 12.2. The van der Waals surface area contributed by atoms with Crippen molar-refractivity contribution in [2.45, 2.75) is 38.5 Å². The highest BCUT2D eigenvalue weighted by Gasteiger charge is 2.33. The lowest BCUT2D eigenvalue weighted by atomic mass is 9.95. The van der Waals surface area contributed by atoms with E-state index in [9.17, 15) is 4.79 Å². The number of Topliss-reactive ketones (excluding diaryl/α,β-unsaturated/α-hetero) is 1. The van der Waals surface area contributed by atoms with Gasteiger partial charge in [-0.2, -0.15) is 0 Å². The molecule has 2 aliphatic carbocycles. The third-order valence-electron chi connectivity index (χ3n) is 4.17. The third-order valence-corrected chi connectivity index (χ3v) is 5.30. The molecule has 2 heterocycles. The first-order valence-electron chi connectivity index (χ1n) is 6.99. The smallest absolute Gasteiger partial charge is 0.178 e. The highest BCUT2D eigenvalue weighted by atomic mass is 32.1. The van der Waals surface area contributed by atoms with Crippen LogP contribution in [-0.2, 0) is 12.8 Å². The number of rotatable bonds is 2. The normalized spacial score (nSPS) is 18.5. The van der Waals surface area contributed by atoms with E-state index >= 15 is 0 Å². The molecule has 0 unspecified atom stereocenters. The molecule has 19 heavy (non-hydrogen) atoms. The van der Waals surface area contributed by atoms with Crippen molar-refractivity contribution >= 4 is 33.0 Å². The number of nitrogens with zero attached hydrogens (tertiary/aromatic N) is 1. The molecule has 0 saturated heterocycles. The van der Waals surface area contributed by atoms with E-state index in [1.165, 1.54) is 35.4 Å². The van der Waals surface area contributed by atoms with Gasteiger partial charge in [-0.05, 0) is 50.2 Å². The van der Waals surface area contributed by atoms with E-state index in [1.54, 1.807) is 0 Å². The molecule has 1 fully saturated rings. The second-order valence-corrected chi connectivity index (χ2v) is 6.64. The lowest BCUT2D eigenvalue weighted by Crippen LogP contribution is -2.05. The van der Waals surface area contributed by atoms with Crippen LogP contribution in [0.25, 0.3) is 10.2 Å². The van der Waals surface area contributed by atoms with Gasteiger partial charge >= 0.3 is 0 Å². The van der Waals surface area contributed by atoms with Gasteiger partial charge in [-0.15, -0.1) is 11.3 Å². The van der Waals surface area contributed by atoms with E-state index in [2.05, 4.69) is 6.07 Å². The van der Waals surface area contributed by atoms with Crippen LogP contribution in [0.4, 0.5) is 5.69 Å². The summed E-state index contributed by atoms with van der Waals surface area (Å²) < 4.78 is 0. The molecule has 4 rings (SSSR count). The number of aryl methyl sites for hydroxylation is 2. The molecular formula is C15H16N2OS. The predicted molar refractivity (Wildman–Crippen MR) is 77.7 cm³/mol. The summed E-state index contributed by atoms with van der Waals surface area (Å²) in [5.41, 5.74) is 9.39. The molecule has 3 nitrogen and oxygen atoms in total. The molecule has 0 aromatic carbocycles. The molecule has 0 spiro atoms. The van der Waals surface area contributed by atoms with Crippen LogP contribution in [0, 0.1) is 5.92 Å². The number of carbonyl (C=O) groups excluding carboxylic acids is 1. The summed E-state index contributed by atoms with van der Waals surface area (Å²) in [6, 6.07) is 2.17. The average molecular weight is 272 g/mol. The number of carbonyl (C=O) groups is 1. The number of hydrogen-bond acceptors (Lipinski definition) is 4. The molecule has 1 saturated carbocycles. The van der Waals surface area contributed by atoms with Crippen molar-refractivity contribution in [3.8, 4) is 0 Å². The number of thiophene rings is 1. The van der Waals surface area contributed by atoms with Gasteiger partial charge in [0.25, 0.3) is 0 Å². The Kier molecular flexibility index (Phi) is 2.42. The van der Waals surface area contributed by atoms with Crippen molar-refractivity contribution in [1.82, 2.24) is 4.98 Å². The van der Waals surface area contributed by atoms with Crippen molar-refractivity contribution in [1.29, 1.82) is 0 Å². The molecule has 2 N–H and O–H groups in total. The van der Waals surface area contributed by atoms with Gasteiger partial charge < -0.3 is 5.73 Å². The number of pyridine rings is 1. The first-order chi connectivity index (χ1) is 9.24. The zero-order valence-electron chi connectivity index (χ0n) is 10.7. The highest BCUT2D eigenvalue weighted by Crippen LogP contribution is 2.41. The highest BCUT2D eigenvalue weighted by molar-refractivity contribution is 7.21. The van der Waals surface area contributed by atoms with E-state index in [-0.39, 0.29) is 11.7 Å². The van der Waals surface area contributed by atoms with Crippen LogP contribution in [0.2, 0.25) is 0 Å². The molecule has 98 valence electrons. The van der Waals surface area contributed by atoms with Gasteiger partial charge in [-0.25, -0.2) is 4.98 Å². The van der Waals surface area contributed by atoms with Crippen molar-refractivity contribution in [2.24, 2.45) is 5.92 Å². The Balaban J connectivity index is 1.88. The summed E-state index contributed by atoms with van der Waals surface area (Å²) in [4.78, 5) is 18.7. The minimum atomic E-state index is 0.227. The zero-order valence-corrected chi connectivity index (χ0v) is 11.6. The second-order valence-electron chi connectivity index (χ2n) is 5.64. The number of anilines is 1. The summed E-state index contributed by atoms with van der Waals surface area (Å²) >= 11 is 1.49. The molecule has 0 bridgehead atoms. The van der Waals surface area contributed by atoms with E-state index in [4.69, 9.17) is 10.7 Å². The number of fused-ring (bicyclic) bond motifs is 2. The van der Waals surface area contributed by atoms with Gasteiger partial charge in [0, 0.05) is 17.0 Å². The first kappa shape index (κ1) is 11.4. The molecule has 4 heteroatoms. The van der Waals surface area contributed by atoms with E-state index in [0.29, 0.717) is 5.69 Å². The maximum atomic E-state index is 12.2. The van der Waals surface area contributed by atoms with E-state index in [0.717, 1.165) is 40.8 Å². The van der Waals surface area contributed by atoms with Gasteiger partial charge in [-0.1, -0.05) is 0 Å². The summed E-state index contributed by atoms with van der Waals surface area (Å²) in [5.74, 6) is 0.462. The van der Waals surface area contributed by atoms with Crippen LogP contribution in [0.3, 0.4) is 0 Å². The molecule has 0 radical (unpaired) electrons. The Morgan fingerprint density at radius 3 is 2.89 bits per heavy atom. The van der Waals surface area contributed by atoms with Crippen molar-refractivity contribution < 1.29 is 4.79 Å². The standard InChI is InChI=1S/C15H16N2OS/c16-12-10-7-9-3-1-2-4-11(9)17-15(10)19-14(12)13(18)8-5-6-8/h7-8H,1-6,16H2. The maximum Gasteiger partial charge on any atom is 0.178 e. The monoisotopic (exact) mass is 272 g/mol. The fourth-order valence-electron chi connectivity index (χ4n) is 2.87. The molecule has 2 aromatic heterocycles. The number of ketones is 1. The Morgan fingerprint density at radius 1 is 1.32 bits per heavy atom. The van der Waals surface area contributed by atoms with Crippen LogP contribution >= 0.6 is 11.3 Å². The first-order valence-corrected chi connectivity index (χ1v) is 7.80. The van der Waals surface area contributed by atoms with Crippen LogP contribution in [0.15, 0.2) is 6.07 Å². The fourth-order valence-corrected chi connectivity index (χ4v) is 3.99. The summed E-state index contributed by atoms with van der Waals surface area (Å²) in [6.07, 6.45) is 6.67. The average Bonchev–Trinajstić information content (AvgIpc) is 3.22. The largest absolute Gasteiger partial charge is 0.397 e. The lowest BCUT2D eigenvalue weighted by Gasteiger charge is -2.14. The van der Waals surface area contributed by atoms with Gasteiger partial charge in [0.2, 0.25) is 0 Å². The number of nitrogen functional groups attached to an aromatic ring is 1.